The average Bonchev–Trinajstić information content (AvgIpc) is 2.62. The van der Waals surface area contributed by atoms with Gasteiger partial charge in [-0.3, -0.25) is 4.79 Å². The van der Waals surface area contributed by atoms with Crippen molar-refractivity contribution in [1.82, 2.24) is 0 Å². The van der Waals surface area contributed by atoms with E-state index in [2.05, 4.69) is 26.0 Å². The molecule has 0 saturated heterocycles. The molecule has 0 saturated carbocycles. The Morgan fingerprint density at radius 3 is 2.92 bits per heavy atom. The highest BCUT2D eigenvalue weighted by atomic mass is 79.9. The van der Waals surface area contributed by atoms with E-state index in [9.17, 15) is 15.2 Å². The van der Waals surface area contributed by atoms with Gasteiger partial charge in [0.15, 0.2) is 5.76 Å². The Bertz CT molecular complexity index is 1080. The van der Waals surface area contributed by atoms with Crippen molar-refractivity contribution in [3.05, 3.63) is 77.9 Å². The van der Waals surface area contributed by atoms with Crippen LogP contribution in [-0.4, -0.2) is 5.11 Å². The maximum Gasteiger partial charge on any atom is 0.228 e. The van der Waals surface area contributed by atoms with Gasteiger partial charge in [0, 0.05) is 21.0 Å². The number of halogens is 1. The number of allylic oxidation sites excluding steroid dienone is 1. The van der Waals surface area contributed by atoms with Gasteiger partial charge in [0.05, 0.1) is 12.5 Å². The van der Waals surface area contributed by atoms with Gasteiger partial charge in [-0.05, 0) is 23.7 Å². The lowest BCUT2D eigenvalue weighted by molar-refractivity contribution is 0.331. The third-order valence-corrected chi connectivity index (χ3v) is 4.21. The van der Waals surface area contributed by atoms with Crippen LogP contribution in [0, 0.1) is 11.3 Å². The maximum atomic E-state index is 12.4. The SMILES string of the molecule is N#CC1=C(N)Oc2c(oc(CN=[N+]=[N-])cc2=O)C1c1cc(Br)ccc1O. The van der Waals surface area contributed by atoms with Crippen LogP contribution < -0.4 is 15.9 Å². The van der Waals surface area contributed by atoms with E-state index >= 15 is 0 Å². The summed E-state index contributed by atoms with van der Waals surface area (Å²) in [7, 11) is 0. The fourth-order valence-corrected chi connectivity index (χ4v) is 3.01. The molecule has 1 aromatic heterocycles. The molecule has 1 unspecified atom stereocenters. The zero-order valence-electron chi connectivity index (χ0n) is 13.0. The molecular formula is C16H10BrN5O4. The van der Waals surface area contributed by atoms with E-state index in [-0.39, 0.29) is 41.0 Å². The predicted octanol–water partition coefficient (Wildman–Crippen LogP) is 3.14. The van der Waals surface area contributed by atoms with Gasteiger partial charge in [-0.25, -0.2) is 0 Å². The molecule has 0 bridgehead atoms. The molecule has 3 rings (SSSR count). The second kappa shape index (κ2) is 6.84. The molecule has 2 heterocycles. The lowest BCUT2D eigenvalue weighted by atomic mass is 9.87. The molecule has 1 atom stereocenters. The molecule has 3 N–H and O–H groups in total. The first kappa shape index (κ1) is 17.4. The van der Waals surface area contributed by atoms with Gasteiger partial charge in [-0.15, -0.1) is 0 Å². The number of phenols is 1. The molecule has 130 valence electrons. The molecule has 1 aliphatic rings. The number of hydrogen-bond donors (Lipinski definition) is 2. The molecule has 0 fully saturated rings. The fourth-order valence-electron chi connectivity index (χ4n) is 2.63. The van der Waals surface area contributed by atoms with Crippen LogP contribution in [0.5, 0.6) is 11.5 Å². The van der Waals surface area contributed by atoms with E-state index < -0.39 is 11.3 Å². The van der Waals surface area contributed by atoms with Crippen LogP contribution in [0.15, 0.2) is 54.5 Å². The first-order chi connectivity index (χ1) is 12.5. The number of benzene rings is 1. The average molecular weight is 416 g/mol. The lowest BCUT2D eigenvalue weighted by Crippen LogP contribution is -2.25. The summed E-state index contributed by atoms with van der Waals surface area (Å²) < 4.78 is 11.6. The number of rotatable bonds is 3. The van der Waals surface area contributed by atoms with Crippen molar-refractivity contribution in [3.8, 4) is 17.6 Å². The van der Waals surface area contributed by atoms with Gasteiger partial charge >= 0.3 is 0 Å². The number of phenolic OH excluding ortho intramolecular Hbond substituents is 1. The number of aromatic hydroxyl groups is 1. The summed E-state index contributed by atoms with van der Waals surface area (Å²) in [5.74, 6) is -1.42. The number of hydrogen-bond acceptors (Lipinski definition) is 7. The second-order valence-electron chi connectivity index (χ2n) is 5.29. The van der Waals surface area contributed by atoms with E-state index in [0.29, 0.717) is 10.0 Å². The standard InChI is InChI=1S/C16H10BrN5O4/c17-7-1-2-11(23)9(3-7)13-10(5-18)16(19)26-14-12(24)4-8(6-21-22-20)25-15(13)14/h1-4,13,23H,6,19H2. The summed E-state index contributed by atoms with van der Waals surface area (Å²) in [6.07, 6.45) is 0. The number of ether oxygens (including phenoxy) is 1. The van der Waals surface area contributed by atoms with Crippen LogP contribution in [0.2, 0.25) is 0 Å². The van der Waals surface area contributed by atoms with Gasteiger partial charge in [-0.1, -0.05) is 21.0 Å². The third-order valence-electron chi connectivity index (χ3n) is 3.72. The van der Waals surface area contributed by atoms with Crippen molar-refractivity contribution in [3.63, 3.8) is 0 Å². The Hall–Kier alpha value is -3.41. The summed E-state index contributed by atoms with van der Waals surface area (Å²) in [4.78, 5) is 15.0. The molecule has 1 aliphatic heterocycles. The van der Waals surface area contributed by atoms with E-state index in [1.54, 1.807) is 12.1 Å². The van der Waals surface area contributed by atoms with E-state index in [4.69, 9.17) is 20.4 Å². The topological polar surface area (TPSA) is 158 Å². The van der Waals surface area contributed by atoms with Gasteiger partial charge in [0.1, 0.15) is 23.2 Å². The molecule has 0 aliphatic carbocycles. The second-order valence-corrected chi connectivity index (χ2v) is 6.20. The van der Waals surface area contributed by atoms with Crippen molar-refractivity contribution in [2.45, 2.75) is 12.5 Å². The van der Waals surface area contributed by atoms with E-state index in [0.717, 1.165) is 6.07 Å². The normalized spacial score (nSPS) is 15.5. The number of azide groups is 1. The number of nitrogens with two attached hydrogens (primary N) is 1. The molecule has 2 aromatic rings. The molecule has 0 amide bonds. The smallest absolute Gasteiger partial charge is 0.228 e. The van der Waals surface area contributed by atoms with Crippen molar-refractivity contribution in [2.24, 2.45) is 10.8 Å². The first-order valence-corrected chi connectivity index (χ1v) is 7.99. The summed E-state index contributed by atoms with van der Waals surface area (Å²) in [5, 5.41) is 23.1. The van der Waals surface area contributed by atoms with Crippen LogP contribution in [0.3, 0.4) is 0 Å². The number of fused-ring (bicyclic) bond motifs is 1. The lowest BCUT2D eigenvalue weighted by Gasteiger charge is -2.25. The van der Waals surface area contributed by atoms with E-state index in [1.165, 1.54) is 6.07 Å². The Labute approximate surface area is 154 Å². The number of nitriles is 1. The van der Waals surface area contributed by atoms with E-state index in [1.807, 2.05) is 6.07 Å². The van der Waals surface area contributed by atoms with Gasteiger partial charge in [0.2, 0.25) is 17.1 Å². The van der Waals surface area contributed by atoms with Crippen molar-refractivity contribution < 1.29 is 14.3 Å². The summed E-state index contributed by atoms with van der Waals surface area (Å²) >= 11 is 3.30. The zero-order valence-corrected chi connectivity index (χ0v) is 14.6. The van der Waals surface area contributed by atoms with Crippen molar-refractivity contribution in [2.75, 3.05) is 0 Å². The quantitative estimate of drug-likeness (QED) is 0.444. The van der Waals surface area contributed by atoms with Gasteiger partial charge < -0.3 is 20.0 Å². The highest BCUT2D eigenvalue weighted by molar-refractivity contribution is 9.10. The van der Waals surface area contributed by atoms with Gasteiger partial charge in [-0.2, -0.15) is 5.26 Å². The minimum Gasteiger partial charge on any atom is -0.508 e. The highest BCUT2D eigenvalue weighted by Crippen LogP contribution is 2.44. The zero-order chi connectivity index (χ0) is 18.8. The molecule has 0 radical (unpaired) electrons. The Kier molecular flexibility index (Phi) is 4.58. The van der Waals surface area contributed by atoms with Crippen LogP contribution in [0.1, 0.15) is 23.0 Å². The van der Waals surface area contributed by atoms with Crippen LogP contribution in [0.4, 0.5) is 0 Å². The van der Waals surface area contributed by atoms with Crippen LogP contribution in [0.25, 0.3) is 10.4 Å². The predicted molar refractivity (Wildman–Crippen MR) is 92.9 cm³/mol. The fraction of sp³-hybridized carbons (Fsp3) is 0.125. The van der Waals surface area contributed by atoms with Crippen LogP contribution in [-0.2, 0) is 6.54 Å². The monoisotopic (exact) mass is 415 g/mol. The summed E-state index contributed by atoms with van der Waals surface area (Å²) in [6, 6.07) is 7.69. The molecule has 0 spiro atoms. The Morgan fingerprint density at radius 2 is 2.23 bits per heavy atom. The minimum absolute atomic E-state index is 0.000195. The van der Waals surface area contributed by atoms with Crippen molar-refractivity contribution >= 4 is 15.9 Å². The molecular weight excluding hydrogens is 406 g/mol. The molecule has 26 heavy (non-hydrogen) atoms. The molecule has 9 nitrogen and oxygen atoms in total. The number of nitrogens with zero attached hydrogens (tertiary/aromatic N) is 4. The highest BCUT2D eigenvalue weighted by Gasteiger charge is 2.36. The molecule has 1 aromatic carbocycles. The largest absolute Gasteiger partial charge is 0.508 e. The summed E-state index contributed by atoms with van der Waals surface area (Å²) in [5.41, 5.74) is 14.0. The van der Waals surface area contributed by atoms with Crippen molar-refractivity contribution in [1.29, 1.82) is 5.26 Å². The third kappa shape index (κ3) is 2.97. The van der Waals surface area contributed by atoms with Gasteiger partial charge in [0.25, 0.3) is 0 Å². The maximum absolute atomic E-state index is 12.4. The minimum atomic E-state index is -0.958. The first-order valence-electron chi connectivity index (χ1n) is 7.20. The summed E-state index contributed by atoms with van der Waals surface area (Å²) in [6.45, 7) is -0.197. The Morgan fingerprint density at radius 1 is 1.46 bits per heavy atom. The molecule has 10 heteroatoms. The Balaban J connectivity index is 2.31. The van der Waals surface area contributed by atoms with Crippen LogP contribution >= 0.6 is 15.9 Å².